The summed E-state index contributed by atoms with van der Waals surface area (Å²) in [6.07, 6.45) is 2.50. The second-order valence-corrected chi connectivity index (χ2v) is 2.27. The summed E-state index contributed by atoms with van der Waals surface area (Å²) in [5.41, 5.74) is 0. The van der Waals surface area contributed by atoms with E-state index in [1.54, 1.807) is 0 Å². The maximum absolute atomic E-state index is 10.5. The highest BCUT2D eigenvalue weighted by Crippen LogP contribution is 1.87. The summed E-state index contributed by atoms with van der Waals surface area (Å²) in [4.78, 5) is 20.2. The summed E-state index contributed by atoms with van der Waals surface area (Å²) in [6, 6.07) is 0. The number of carbonyl (C=O) groups excluding carboxylic acids is 2. The van der Waals surface area contributed by atoms with Gasteiger partial charge in [-0.25, -0.2) is 0 Å². The number of aldehydes is 1. The molecule has 52 valence electrons. The zero-order valence-corrected chi connectivity index (χ0v) is 6.03. The van der Waals surface area contributed by atoms with Crippen molar-refractivity contribution in [2.45, 2.75) is 0 Å². The molecular formula is C5H9NO2S. The van der Waals surface area contributed by atoms with E-state index in [9.17, 15) is 9.59 Å². The Morgan fingerprint density at radius 1 is 1.78 bits per heavy atom. The third kappa shape index (κ3) is 5.36. The van der Waals surface area contributed by atoms with E-state index in [-0.39, 0.29) is 12.5 Å². The first kappa shape index (κ1) is 8.49. The average Bonchev–Trinajstić information content (AvgIpc) is 1.85. The van der Waals surface area contributed by atoms with Crippen LogP contribution >= 0.6 is 11.8 Å². The Labute approximate surface area is 58.2 Å². The van der Waals surface area contributed by atoms with Gasteiger partial charge >= 0.3 is 0 Å². The lowest BCUT2D eigenvalue weighted by atomic mass is 10.6. The largest absolute Gasteiger partial charge is 0.349 e. The molecule has 0 aliphatic carbocycles. The number of rotatable bonds is 4. The minimum Gasteiger partial charge on any atom is -0.349 e. The summed E-state index contributed by atoms with van der Waals surface area (Å²) in [5, 5.41) is 2.41. The minimum absolute atomic E-state index is 0.0883. The molecule has 0 aromatic rings. The van der Waals surface area contributed by atoms with Crippen LogP contribution in [0, 0.1) is 0 Å². The Kier molecular flexibility index (Phi) is 5.30. The van der Waals surface area contributed by atoms with Crippen molar-refractivity contribution in [1.82, 2.24) is 5.32 Å². The first-order valence-corrected chi connectivity index (χ1v) is 3.90. The van der Waals surface area contributed by atoms with Gasteiger partial charge in [0, 0.05) is 0 Å². The van der Waals surface area contributed by atoms with Crippen LogP contribution in [-0.2, 0) is 9.59 Å². The van der Waals surface area contributed by atoms with Crippen molar-refractivity contribution in [3.8, 4) is 0 Å². The molecule has 0 aromatic carbocycles. The maximum atomic E-state index is 10.5. The molecule has 0 fully saturated rings. The van der Waals surface area contributed by atoms with E-state index in [0.717, 1.165) is 0 Å². The quantitative estimate of drug-likeness (QED) is 0.553. The van der Waals surface area contributed by atoms with Crippen LogP contribution in [0.1, 0.15) is 0 Å². The van der Waals surface area contributed by atoms with E-state index < -0.39 is 0 Å². The van der Waals surface area contributed by atoms with Crippen LogP contribution in [-0.4, -0.2) is 30.7 Å². The number of hydrogen-bond donors (Lipinski definition) is 1. The lowest BCUT2D eigenvalue weighted by Gasteiger charge is -1.95. The van der Waals surface area contributed by atoms with Crippen molar-refractivity contribution in [2.75, 3.05) is 18.6 Å². The standard InChI is InChI=1S/C5H9NO2S/c1-9-4-5(8)6-2-3-7/h3H,2,4H2,1H3,(H,6,8). The van der Waals surface area contributed by atoms with Crippen molar-refractivity contribution in [2.24, 2.45) is 0 Å². The molecule has 4 heteroatoms. The number of hydrogen-bond acceptors (Lipinski definition) is 3. The molecule has 1 N–H and O–H groups in total. The number of thioether (sulfide) groups is 1. The molecule has 0 saturated heterocycles. The van der Waals surface area contributed by atoms with Crippen LogP contribution in [0.25, 0.3) is 0 Å². The van der Waals surface area contributed by atoms with Gasteiger partial charge in [-0.15, -0.1) is 0 Å². The van der Waals surface area contributed by atoms with Crippen LogP contribution in [0.5, 0.6) is 0 Å². The highest BCUT2D eigenvalue weighted by molar-refractivity contribution is 7.99. The fourth-order valence-corrected chi connectivity index (χ4v) is 0.702. The molecule has 3 nitrogen and oxygen atoms in total. The van der Waals surface area contributed by atoms with Gasteiger partial charge < -0.3 is 10.1 Å². The predicted octanol–water partition coefficient (Wildman–Crippen LogP) is -0.336. The second-order valence-electron chi connectivity index (χ2n) is 1.40. The number of amides is 1. The van der Waals surface area contributed by atoms with Gasteiger partial charge in [-0.3, -0.25) is 4.79 Å². The zero-order valence-electron chi connectivity index (χ0n) is 5.22. The molecule has 9 heavy (non-hydrogen) atoms. The van der Waals surface area contributed by atoms with Gasteiger partial charge in [0.1, 0.15) is 6.29 Å². The Hall–Kier alpha value is -0.510. The van der Waals surface area contributed by atoms with E-state index in [1.807, 2.05) is 6.26 Å². The SMILES string of the molecule is CSCC(=O)NCC=O. The fraction of sp³-hybridized carbons (Fsp3) is 0.600. The lowest BCUT2D eigenvalue weighted by Crippen LogP contribution is -2.26. The van der Waals surface area contributed by atoms with Gasteiger partial charge in [-0.1, -0.05) is 0 Å². The van der Waals surface area contributed by atoms with Gasteiger partial charge in [-0.2, -0.15) is 11.8 Å². The van der Waals surface area contributed by atoms with Crippen LogP contribution in [0.15, 0.2) is 0 Å². The van der Waals surface area contributed by atoms with Crippen molar-refractivity contribution in [1.29, 1.82) is 0 Å². The molecule has 0 rings (SSSR count). The smallest absolute Gasteiger partial charge is 0.230 e. The van der Waals surface area contributed by atoms with E-state index in [1.165, 1.54) is 11.8 Å². The Bertz CT molecular complexity index is 105. The van der Waals surface area contributed by atoms with Crippen molar-refractivity contribution in [3.63, 3.8) is 0 Å². The van der Waals surface area contributed by atoms with Crippen molar-refractivity contribution >= 4 is 24.0 Å². The summed E-state index contributed by atoms with van der Waals surface area (Å²) in [5.74, 6) is 0.336. The topological polar surface area (TPSA) is 46.2 Å². The zero-order chi connectivity index (χ0) is 7.11. The Balaban J connectivity index is 3.16. The molecule has 0 unspecified atom stereocenters. The molecule has 0 atom stereocenters. The van der Waals surface area contributed by atoms with Crippen molar-refractivity contribution in [3.05, 3.63) is 0 Å². The van der Waals surface area contributed by atoms with Gasteiger partial charge in [0.15, 0.2) is 0 Å². The van der Waals surface area contributed by atoms with Gasteiger partial charge in [0.2, 0.25) is 5.91 Å². The van der Waals surface area contributed by atoms with Crippen LogP contribution in [0.4, 0.5) is 0 Å². The molecule has 0 aromatic heterocycles. The normalized spacial score (nSPS) is 8.56. The van der Waals surface area contributed by atoms with Crippen LogP contribution < -0.4 is 5.32 Å². The van der Waals surface area contributed by atoms with Gasteiger partial charge in [0.05, 0.1) is 12.3 Å². The van der Waals surface area contributed by atoms with E-state index in [4.69, 9.17) is 0 Å². The van der Waals surface area contributed by atoms with E-state index in [0.29, 0.717) is 12.0 Å². The molecule has 0 bridgehead atoms. The number of nitrogens with one attached hydrogen (secondary N) is 1. The molecule has 0 radical (unpaired) electrons. The van der Waals surface area contributed by atoms with E-state index in [2.05, 4.69) is 5.32 Å². The minimum atomic E-state index is -0.0883. The lowest BCUT2D eigenvalue weighted by molar-refractivity contribution is -0.120. The molecule has 0 aliphatic heterocycles. The fourth-order valence-electron chi connectivity index (χ4n) is 0.338. The molecular weight excluding hydrogens is 138 g/mol. The van der Waals surface area contributed by atoms with Crippen molar-refractivity contribution < 1.29 is 9.59 Å². The highest BCUT2D eigenvalue weighted by Gasteiger charge is 1.94. The summed E-state index contributed by atoms with van der Waals surface area (Å²) in [7, 11) is 0. The first-order chi connectivity index (χ1) is 4.31. The third-order valence-corrected chi connectivity index (χ3v) is 1.21. The third-order valence-electron chi connectivity index (χ3n) is 0.658. The number of carbonyl (C=O) groups is 2. The summed E-state index contributed by atoms with van der Waals surface area (Å²) < 4.78 is 0. The van der Waals surface area contributed by atoms with E-state index >= 15 is 0 Å². The average molecular weight is 147 g/mol. The summed E-state index contributed by atoms with van der Waals surface area (Å²) in [6.45, 7) is 0.124. The van der Waals surface area contributed by atoms with Gasteiger partial charge in [-0.05, 0) is 6.26 Å². The van der Waals surface area contributed by atoms with Crippen LogP contribution in [0.2, 0.25) is 0 Å². The Morgan fingerprint density at radius 2 is 2.44 bits per heavy atom. The van der Waals surface area contributed by atoms with Crippen LogP contribution in [0.3, 0.4) is 0 Å². The molecule has 0 aliphatic rings. The predicted molar refractivity (Wildman–Crippen MR) is 37.5 cm³/mol. The molecule has 0 saturated carbocycles. The molecule has 0 spiro atoms. The molecule has 0 heterocycles. The monoisotopic (exact) mass is 147 g/mol. The van der Waals surface area contributed by atoms with Gasteiger partial charge in [0.25, 0.3) is 0 Å². The maximum Gasteiger partial charge on any atom is 0.230 e. The summed E-state index contributed by atoms with van der Waals surface area (Å²) >= 11 is 1.43. The first-order valence-electron chi connectivity index (χ1n) is 2.50. The molecule has 1 amide bonds. The Morgan fingerprint density at radius 3 is 2.89 bits per heavy atom. The highest BCUT2D eigenvalue weighted by atomic mass is 32.2. The second kappa shape index (κ2) is 5.62.